The standard InChI is InChI=1S/C13H19F3O4/c1-10(6-7-13(14,15)16)12(20-9-19-3)11(17)5-4-8-18-2/h10,12H,6-9H2,1-3H3/t10-,12+/m0/s1. The van der Waals surface area contributed by atoms with E-state index in [9.17, 15) is 18.0 Å². The minimum atomic E-state index is -4.26. The van der Waals surface area contributed by atoms with Gasteiger partial charge in [0.1, 0.15) is 19.5 Å². The van der Waals surface area contributed by atoms with Gasteiger partial charge in [0.05, 0.1) is 0 Å². The first-order chi connectivity index (χ1) is 9.31. The number of ketones is 1. The summed E-state index contributed by atoms with van der Waals surface area (Å²) in [6.45, 7) is 1.40. The van der Waals surface area contributed by atoms with Crippen LogP contribution in [0.4, 0.5) is 13.2 Å². The van der Waals surface area contributed by atoms with Gasteiger partial charge in [-0.2, -0.15) is 13.2 Å². The molecule has 2 atom stereocenters. The maximum absolute atomic E-state index is 12.2. The normalized spacial score (nSPS) is 14.3. The number of alkyl halides is 3. The number of halogens is 3. The van der Waals surface area contributed by atoms with Gasteiger partial charge in [-0.05, 0) is 18.3 Å². The quantitative estimate of drug-likeness (QED) is 0.391. The fourth-order valence-electron chi connectivity index (χ4n) is 1.45. The van der Waals surface area contributed by atoms with Crippen LogP contribution in [0.3, 0.4) is 0 Å². The van der Waals surface area contributed by atoms with Gasteiger partial charge in [0, 0.05) is 20.6 Å². The molecule has 0 fully saturated rings. The SMILES string of the molecule is COCC#CC(=O)[C@H](OCOC)[C@@H](C)CCC(F)(F)F. The number of ether oxygens (including phenoxy) is 3. The minimum absolute atomic E-state index is 0.0691. The topological polar surface area (TPSA) is 44.8 Å². The molecule has 0 rings (SSSR count). The maximum Gasteiger partial charge on any atom is 0.389 e. The average Bonchev–Trinajstić information content (AvgIpc) is 2.36. The molecular weight excluding hydrogens is 277 g/mol. The van der Waals surface area contributed by atoms with Crippen molar-refractivity contribution in [2.75, 3.05) is 27.6 Å². The molecule has 0 aromatic carbocycles. The van der Waals surface area contributed by atoms with E-state index in [1.165, 1.54) is 21.1 Å². The highest BCUT2D eigenvalue weighted by molar-refractivity contribution is 5.99. The fourth-order valence-corrected chi connectivity index (χ4v) is 1.45. The molecule has 0 aromatic rings. The average molecular weight is 296 g/mol. The fraction of sp³-hybridized carbons (Fsp3) is 0.769. The molecule has 0 aliphatic carbocycles. The molecule has 0 aliphatic rings. The van der Waals surface area contributed by atoms with Gasteiger partial charge in [0.2, 0.25) is 5.78 Å². The zero-order valence-corrected chi connectivity index (χ0v) is 11.8. The molecule has 0 aromatic heterocycles. The summed E-state index contributed by atoms with van der Waals surface area (Å²) in [6.07, 6.45) is -6.48. The van der Waals surface area contributed by atoms with Gasteiger partial charge in [-0.1, -0.05) is 12.8 Å². The summed E-state index contributed by atoms with van der Waals surface area (Å²) in [5.74, 6) is 3.56. The molecule has 0 N–H and O–H groups in total. The third kappa shape index (κ3) is 8.91. The summed E-state index contributed by atoms with van der Waals surface area (Å²) in [5, 5.41) is 0. The summed E-state index contributed by atoms with van der Waals surface area (Å²) in [7, 11) is 2.78. The Morgan fingerprint density at radius 2 is 1.90 bits per heavy atom. The molecule has 0 heterocycles. The highest BCUT2D eigenvalue weighted by Gasteiger charge is 2.31. The van der Waals surface area contributed by atoms with Crippen molar-refractivity contribution in [3.8, 4) is 11.8 Å². The van der Waals surface area contributed by atoms with Crippen molar-refractivity contribution in [2.45, 2.75) is 32.0 Å². The Morgan fingerprint density at radius 3 is 2.40 bits per heavy atom. The maximum atomic E-state index is 12.2. The third-order valence-electron chi connectivity index (χ3n) is 2.45. The van der Waals surface area contributed by atoms with Crippen LogP contribution in [0.1, 0.15) is 19.8 Å². The Bertz CT molecular complexity index is 344. The largest absolute Gasteiger partial charge is 0.389 e. The lowest BCUT2D eigenvalue weighted by Crippen LogP contribution is -2.32. The Morgan fingerprint density at radius 1 is 1.25 bits per heavy atom. The monoisotopic (exact) mass is 296 g/mol. The van der Waals surface area contributed by atoms with E-state index in [1.54, 1.807) is 0 Å². The molecule has 0 spiro atoms. The van der Waals surface area contributed by atoms with Crippen LogP contribution in [-0.2, 0) is 19.0 Å². The second-order valence-corrected chi connectivity index (χ2v) is 4.22. The van der Waals surface area contributed by atoms with Gasteiger partial charge in [0.15, 0.2) is 0 Å². The van der Waals surface area contributed by atoms with Crippen molar-refractivity contribution >= 4 is 5.78 Å². The zero-order chi connectivity index (χ0) is 15.6. The van der Waals surface area contributed by atoms with Gasteiger partial charge in [-0.15, -0.1) is 0 Å². The van der Waals surface area contributed by atoms with Gasteiger partial charge < -0.3 is 14.2 Å². The van der Waals surface area contributed by atoms with Crippen LogP contribution < -0.4 is 0 Å². The summed E-state index contributed by atoms with van der Waals surface area (Å²) in [4.78, 5) is 11.8. The first-order valence-electron chi connectivity index (χ1n) is 6.00. The van der Waals surface area contributed by atoms with Crippen LogP contribution >= 0.6 is 0 Å². The van der Waals surface area contributed by atoms with Crippen LogP contribution in [0.15, 0.2) is 0 Å². The Labute approximate surface area is 116 Å². The summed E-state index contributed by atoms with van der Waals surface area (Å²) < 4.78 is 51.0. The first kappa shape index (κ1) is 18.9. The van der Waals surface area contributed by atoms with Gasteiger partial charge >= 0.3 is 6.18 Å². The third-order valence-corrected chi connectivity index (χ3v) is 2.45. The molecule has 20 heavy (non-hydrogen) atoms. The second-order valence-electron chi connectivity index (χ2n) is 4.22. The lowest BCUT2D eigenvalue weighted by atomic mass is 9.95. The molecule has 0 bridgehead atoms. The molecule has 116 valence electrons. The van der Waals surface area contributed by atoms with E-state index >= 15 is 0 Å². The van der Waals surface area contributed by atoms with Gasteiger partial charge in [-0.25, -0.2) is 0 Å². The Balaban J connectivity index is 4.61. The minimum Gasteiger partial charge on any atom is -0.372 e. The molecule has 4 nitrogen and oxygen atoms in total. The second kappa shape index (κ2) is 9.75. The van der Waals surface area contributed by atoms with E-state index in [-0.39, 0.29) is 19.8 Å². The number of rotatable bonds is 8. The first-order valence-corrected chi connectivity index (χ1v) is 6.00. The number of methoxy groups -OCH3 is 2. The van der Waals surface area contributed by atoms with Gasteiger partial charge in [-0.3, -0.25) is 4.79 Å². The van der Waals surface area contributed by atoms with E-state index < -0.39 is 30.4 Å². The van der Waals surface area contributed by atoms with E-state index in [0.717, 1.165) is 0 Å². The van der Waals surface area contributed by atoms with E-state index in [4.69, 9.17) is 4.74 Å². The molecular formula is C13H19F3O4. The van der Waals surface area contributed by atoms with Crippen molar-refractivity contribution in [3.05, 3.63) is 0 Å². The lowest BCUT2D eigenvalue weighted by molar-refractivity contribution is -0.150. The smallest absolute Gasteiger partial charge is 0.372 e. The molecule has 0 saturated heterocycles. The molecule has 0 radical (unpaired) electrons. The summed E-state index contributed by atoms with van der Waals surface area (Å²) in [6, 6.07) is 0. The number of hydrogen-bond donors (Lipinski definition) is 0. The highest BCUT2D eigenvalue weighted by Crippen LogP contribution is 2.26. The highest BCUT2D eigenvalue weighted by atomic mass is 19.4. The van der Waals surface area contributed by atoms with Crippen LogP contribution in [-0.4, -0.2) is 45.7 Å². The molecule has 7 heteroatoms. The van der Waals surface area contributed by atoms with E-state index in [1.807, 2.05) is 0 Å². The number of carbonyl (C=O) groups excluding carboxylic acids is 1. The summed E-state index contributed by atoms with van der Waals surface area (Å²) in [5.41, 5.74) is 0. The number of Topliss-reactive ketones (excluding diaryl/α,β-unsaturated/α-hetero) is 1. The molecule has 0 saturated carbocycles. The van der Waals surface area contributed by atoms with Crippen molar-refractivity contribution in [3.63, 3.8) is 0 Å². The van der Waals surface area contributed by atoms with Crippen LogP contribution in [0.2, 0.25) is 0 Å². The predicted molar refractivity (Wildman–Crippen MR) is 65.9 cm³/mol. The van der Waals surface area contributed by atoms with Crippen molar-refractivity contribution < 1.29 is 32.2 Å². The number of carbonyl (C=O) groups is 1. The van der Waals surface area contributed by atoms with Crippen LogP contribution in [0.5, 0.6) is 0 Å². The Kier molecular flexibility index (Phi) is 9.21. The zero-order valence-electron chi connectivity index (χ0n) is 11.8. The van der Waals surface area contributed by atoms with Crippen LogP contribution in [0, 0.1) is 17.8 Å². The lowest BCUT2D eigenvalue weighted by Gasteiger charge is -2.21. The van der Waals surface area contributed by atoms with Crippen molar-refractivity contribution in [2.24, 2.45) is 5.92 Å². The molecule has 0 unspecified atom stereocenters. The molecule has 0 amide bonds. The van der Waals surface area contributed by atoms with Crippen molar-refractivity contribution in [1.82, 2.24) is 0 Å². The summed E-state index contributed by atoms with van der Waals surface area (Å²) >= 11 is 0. The van der Waals surface area contributed by atoms with Crippen LogP contribution in [0.25, 0.3) is 0 Å². The Hall–Kier alpha value is -1.10. The van der Waals surface area contributed by atoms with Crippen molar-refractivity contribution in [1.29, 1.82) is 0 Å². The molecule has 0 aliphatic heterocycles. The van der Waals surface area contributed by atoms with Gasteiger partial charge in [0.25, 0.3) is 0 Å². The van der Waals surface area contributed by atoms with E-state index in [0.29, 0.717) is 0 Å². The van der Waals surface area contributed by atoms with E-state index in [2.05, 4.69) is 21.3 Å². The predicted octanol–water partition coefficient (Wildman–Crippen LogP) is 2.17. The number of hydrogen-bond acceptors (Lipinski definition) is 4.